The molecule has 0 aromatic carbocycles. The van der Waals surface area contributed by atoms with Crippen LogP contribution in [0.1, 0.15) is 19.3 Å². The Kier molecular flexibility index (Phi) is 4.38. The number of carbonyl (C=O) groups is 2. The third-order valence-corrected chi connectivity index (χ3v) is 2.81. The first-order valence-electron chi connectivity index (χ1n) is 4.78. The van der Waals surface area contributed by atoms with Gasteiger partial charge in [0.15, 0.2) is 0 Å². The van der Waals surface area contributed by atoms with Crippen LogP contribution < -0.4 is 0 Å². The molecular weight excluding hydrogens is 248 g/mol. The number of alkyl halides is 1. The lowest BCUT2D eigenvalue weighted by Crippen LogP contribution is -2.32. The number of halogens is 1. The quantitative estimate of drug-likeness (QED) is 0.428. The molecule has 1 aliphatic rings. The van der Waals surface area contributed by atoms with Gasteiger partial charge < -0.3 is 4.90 Å². The van der Waals surface area contributed by atoms with Gasteiger partial charge in [0.1, 0.15) is 6.54 Å². The minimum Gasteiger partial charge on any atom is -0.318 e. The number of likely N-dealkylation sites (N-methyl/N-ethyl adjacent to an activating group) is 1. The summed E-state index contributed by atoms with van der Waals surface area (Å²) in [6, 6.07) is -0.158. The van der Waals surface area contributed by atoms with Crippen LogP contribution in [0.4, 0.5) is 4.79 Å². The molecule has 1 aliphatic heterocycles. The van der Waals surface area contributed by atoms with E-state index in [1.807, 2.05) is 0 Å². The van der Waals surface area contributed by atoms with E-state index in [0.717, 1.165) is 24.6 Å². The maximum absolute atomic E-state index is 11.4. The van der Waals surface area contributed by atoms with Gasteiger partial charge >= 0.3 is 6.03 Å². The van der Waals surface area contributed by atoms with Crippen molar-refractivity contribution in [2.24, 2.45) is 0 Å². The van der Waals surface area contributed by atoms with Crippen molar-refractivity contribution in [3.05, 3.63) is 0 Å². The number of amides is 3. The predicted octanol–water partition coefficient (Wildman–Crippen LogP) is 1.45. The summed E-state index contributed by atoms with van der Waals surface area (Å²) in [5.74, 6) is -0.0728. The molecule has 1 rings (SSSR count). The van der Waals surface area contributed by atoms with Gasteiger partial charge in [-0.3, -0.25) is 9.69 Å². The van der Waals surface area contributed by atoms with E-state index in [0.29, 0.717) is 6.54 Å². The van der Waals surface area contributed by atoms with Gasteiger partial charge in [0.05, 0.1) is 0 Å². The molecule has 0 spiro atoms. The average Bonchev–Trinajstić information content (AvgIpc) is 2.38. The fraction of sp³-hybridized carbons (Fsp3) is 0.778. The van der Waals surface area contributed by atoms with Crippen LogP contribution in [-0.4, -0.2) is 47.2 Å². The minimum absolute atomic E-state index is 0.0728. The number of urea groups is 1. The van der Waals surface area contributed by atoms with E-state index >= 15 is 0 Å². The first-order chi connectivity index (χ1) is 6.66. The van der Waals surface area contributed by atoms with Crippen LogP contribution in [-0.2, 0) is 4.79 Å². The second-order valence-corrected chi connectivity index (χ2v) is 4.23. The number of rotatable bonds is 5. The number of unbranched alkanes of at least 4 members (excludes halogenated alkanes) is 2. The van der Waals surface area contributed by atoms with Crippen LogP contribution in [0.25, 0.3) is 0 Å². The van der Waals surface area contributed by atoms with Gasteiger partial charge in [-0.2, -0.15) is 0 Å². The van der Waals surface area contributed by atoms with Crippen LogP contribution in [0.5, 0.6) is 0 Å². The molecule has 0 N–H and O–H groups in total. The largest absolute Gasteiger partial charge is 0.326 e. The van der Waals surface area contributed by atoms with Gasteiger partial charge in [-0.05, 0) is 12.8 Å². The summed E-state index contributed by atoms with van der Waals surface area (Å²) in [6.45, 7) is 0.798. The summed E-state index contributed by atoms with van der Waals surface area (Å²) in [5.41, 5.74) is 0. The van der Waals surface area contributed by atoms with Crippen LogP contribution in [0.3, 0.4) is 0 Å². The first kappa shape index (κ1) is 11.5. The van der Waals surface area contributed by atoms with E-state index in [4.69, 9.17) is 0 Å². The van der Waals surface area contributed by atoms with Crippen molar-refractivity contribution in [3.8, 4) is 0 Å². The molecule has 3 amide bonds. The zero-order valence-electron chi connectivity index (χ0n) is 8.33. The highest BCUT2D eigenvalue weighted by Crippen LogP contribution is 2.09. The van der Waals surface area contributed by atoms with Crippen LogP contribution >= 0.6 is 15.9 Å². The fourth-order valence-corrected chi connectivity index (χ4v) is 1.83. The summed E-state index contributed by atoms with van der Waals surface area (Å²) < 4.78 is 0. The Morgan fingerprint density at radius 2 is 2.00 bits per heavy atom. The Bertz CT molecular complexity index is 233. The third-order valence-electron chi connectivity index (χ3n) is 2.25. The van der Waals surface area contributed by atoms with Gasteiger partial charge in [0.25, 0.3) is 0 Å². The lowest BCUT2D eigenvalue weighted by atomic mass is 10.2. The number of hydrogen-bond donors (Lipinski definition) is 0. The number of imide groups is 1. The van der Waals surface area contributed by atoms with Crippen molar-refractivity contribution in [1.82, 2.24) is 9.80 Å². The van der Waals surface area contributed by atoms with Crippen molar-refractivity contribution < 1.29 is 9.59 Å². The van der Waals surface area contributed by atoms with Gasteiger partial charge in [-0.1, -0.05) is 22.4 Å². The second kappa shape index (κ2) is 5.34. The smallest absolute Gasteiger partial charge is 0.318 e. The summed E-state index contributed by atoms with van der Waals surface area (Å²) in [5, 5.41) is 0.981. The second-order valence-electron chi connectivity index (χ2n) is 3.43. The summed E-state index contributed by atoms with van der Waals surface area (Å²) in [7, 11) is 1.65. The Balaban J connectivity index is 2.30. The fourth-order valence-electron chi connectivity index (χ4n) is 1.43. The van der Waals surface area contributed by atoms with Gasteiger partial charge in [-0.15, -0.1) is 0 Å². The van der Waals surface area contributed by atoms with Gasteiger partial charge in [0.2, 0.25) is 5.91 Å². The molecule has 0 radical (unpaired) electrons. The molecule has 1 heterocycles. The summed E-state index contributed by atoms with van der Waals surface area (Å²) in [6.07, 6.45) is 3.04. The van der Waals surface area contributed by atoms with E-state index in [-0.39, 0.29) is 18.5 Å². The van der Waals surface area contributed by atoms with Gasteiger partial charge in [-0.25, -0.2) is 4.79 Å². The molecule has 4 nitrogen and oxygen atoms in total. The summed E-state index contributed by atoms with van der Waals surface area (Å²) in [4.78, 5) is 25.5. The van der Waals surface area contributed by atoms with E-state index in [1.54, 1.807) is 7.05 Å². The highest BCUT2D eigenvalue weighted by Gasteiger charge is 2.32. The number of carbonyl (C=O) groups excluding carboxylic acids is 2. The Labute approximate surface area is 92.4 Å². The van der Waals surface area contributed by atoms with E-state index < -0.39 is 0 Å². The van der Waals surface area contributed by atoms with Crippen molar-refractivity contribution in [2.75, 3.05) is 25.5 Å². The monoisotopic (exact) mass is 262 g/mol. The van der Waals surface area contributed by atoms with Crippen LogP contribution in [0, 0.1) is 0 Å². The van der Waals surface area contributed by atoms with E-state index in [1.165, 1.54) is 9.80 Å². The highest BCUT2D eigenvalue weighted by atomic mass is 79.9. The SMILES string of the molecule is CN1CC(=O)N(CCCCCBr)C1=O. The molecule has 0 aromatic rings. The molecule has 0 bridgehead atoms. The van der Waals surface area contributed by atoms with Crippen molar-refractivity contribution in [1.29, 1.82) is 0 Å². The van der Waals surface area contributed by atoms with Crippen molar-refractivity contribution in [3.63, 3.8) is 0 Å². The molecule has 0 saturated carbocycles. The normalized spacial score (nSPS) is 17.0. The molecule has 80 valence electrons. The third kappa shape index (κ3) is 2.70. The van der Waals surface area contributed by atoms with Crippen LogP contribution in [0.15, 0.2) is 0 Å². The molecule has 0 aliphatic carbocycles. The maximum Gasteiger partial charge on any atom is 0.326 e. The van der Waals surface area contributed by atoms with Crippen LogP contribution in [0.2, 0.25) is 0 Å². The summed E-state index contributed by atoms with van der Waals surface area (Å²) >= 11 is 3.34. The van der Waals surface area contributed by atoms with E-state index in [2.05, 4.69) is 15.9 Å². The number of hydrogen-bond acceptors (Lipinski definition) is 2. The lowest BCUT2D eigenvalue weighted by Gasteiger charge is -2.13. The minimum atomic E-state index is -0.158. The zero-order chi connectivity index (χ0) is 10.6. The molecule has 0 unspecified atom stereocenters. The zero-order valence-corrected chi connectivity index (χ0v) is 9.92. The Morgan fingerprint density at radius 3 is 2.50 bits per heavy atom. The van der Waals surface area contributed by atoms with Crippen molar-refractivity contribution in [2.45, 2.75) is 19.3 Å². The molecule has 0 atom stereocenters. The average molecular weight is 263 g/mol. The van der Waals surface area contributed by atoms with Crippen molar-refractivity contribution >= 4 is 27.9 Å². The molecular formula is C9H15BrN2O2. The molecule has 1 fully saturated rings. The molecule has 14 heavy (non-hydrogen) atoms. The molecule has 1 saturated heterocycles. The molecule has 5 heteroatoms. The predicted molar refractivity (Wildman–Crippen MR) is 57.4 cm³/mol. The standard InChI is InChI=1S/C9H15BrN2O2/c1-11-7-8(13)12(9(11)14)6-4-2-3-5-10/h2-7H2,1H3. The highest BCUT2D eigenvalue weighted by molar-refractivity contribution is 9.09. The first-order valence-corrected chi connectivity index (χ1v) is 5.90. The van der Waals surface area contributed by atoms with E-state index in [9.17, 15) is 9.59 Å². The molecule has 0 aromatic heterocycles. The maximum atomic E-state index is 11.4. The Morgan fingerprint density at radius 1 is 1.29 bits per heavy atom. The van der Waals surface area contributed by atoms with Gasteiger partial charge in [0, 0.05) is 18.9 Å². The topological polar surface area (TPSA) is 40.6 Å². The Hall–Kier alpha value is -0.580. The lowest BCUT2D eigenvalue weighted by molar-refractivity contribution is -0.125. The number of nitrogens with zero attached hydrogens (tertiary/aromatic N) is 2.